The summed E-state index contributed by atoms with van der Waals surface area (Å²) in [7, 11) is 0. The monoisotopic (exact) mass is 345 g/mol. The van der Waals surface area contributed by atoms with Gasteiger partial charge in [-0.05, 0) is 25.0 Å². The quantitative estimate of drug-likeness (QED) is 0.712. The Morgan fingerprint density at radius 3 is 2.36 bits per heavy atom. The molecule has 1 aromatic carbocycles. The molecule has 0 radical (unpaired) electrons. The molecular weight excluding hydrogens is 325 g/mol. The van der Waals surface area contributed by atoms with Gasteiger partial charge in [-0.2, -0.15) is 0 Å². The van der Waals surface area contributed by atoms with Crippen molar-refractivity contribution < 1.29 is 9.59 Å². The minimum absolute atomic E-state index is 0. The van der Waals surface area contributed by atoms with Crippen molar-refractivity contribution in [3.63, 3.8) is 0 Å². The fourth-order valence-corrected chi connectivity index (χ4v) is 2.72. The van der Waals surface area contributed by atoms with Crippen molar-refractivity contribution >= 4 is 35.8 Å². The summed E-state index contributed by atoms with van der Waals surface area (Å²) < 4.78 is 0. The Hall–Kier alpha value is -1.30. The summed E-state index contributed by atoms with van der Waals surface area (Å²) in [4.78, 5) is 23.9. The van der Waals surface area contributed by atoms with E-state index in [-0.39, 0.29) is 24.2 Å². The molecule has 2 amide bonds. The average molecular weight is 346 g/mol. The highest BCUT2D eigenvalue weighted by Gasteiger charge is 2.36. The molecule has 0 unspecified atom stereocenters. The van der Waals surface area contributed by atoms with E-state index in [4.69, 9.17) is 17.3 Å². The normalized spacial score (nSPS) is 15.7. The summed E-state index contributed by atoms with van der Waals surface area (Å²) in [6.45, 7) is 0.694. The number of hydrogen-bond acceptors (Lipinski definition) is 3. The third-order valence-corrected chi connectivity index (χ3v) is 4.09. The molecule has 22 heavy (non-hydrogen) atoms. The minimum atomic E-state index is -0.729. The molecule has 5 nitrogen and oxygen atoms in total. The van der Waals surface area contributed by atoms with Crippen LogP contribution in [0.4, 0.5) is 0 Å². The second-order valence-corrected chi connectivity index (χ2v) is 5.76. The summed E-state index contributed by atoms with van der Waals surface area (Å²) in [6, 6.07) is 6.84. The fraction of sp³-hybridized carbons (Fsp3) is 0.467. The Labute approximate surface area is 141 Å². The molecule has 0 aliphatic heterocycles. The van der Waals surface area contributed by atoms with Gasteiger partial charge < -0.3 is 16.4 Å². The zero-order chi connectivity index (χ0) is 15.3. The van der Waals surface area contributed by atoms with Gasteiger partial charge in [0.15, 0.2) is 0 Å². The lowest BCUT2D eigenvalue weighted by molar-refractivity contribution is -0.126. The van der Waals surface area contributed by atoms with Crippen LogP contribution in [-0.2, 0) is 4.79 Å². The Morgan fingerprint density at radius 2 is 1.73 bits per heavy atom. The fourth-order valence-electron chi connectivity index (χ4n) is 2.50. The number of carbonyl (C=O) groups excluding carboxylic acids is 2. The predicted molar refractivity (Wildman–Crippen MR) is 89.4 cm³/mol. The van der Waals surface area contributed by atoms with Crippen LogP contribution in [0.2, 0.25) is 5.02 Å². The maximum absolute atomic E-state index is 12.0. The predicted octanol–water partition coefficient (Wildman–Crippen LogP) is 1.88. The first-order chi connectivity index (χ1) is 10.0. The number of amides is 2. The number of halogens is 2. The number of rotatable bonds is 5. The van der Waals surface area contributed by atoms with Gasteiger partial charge in [0.1, 0.15) is 0 Å². The van der Waals surface area contributed by atoms with Crippen LogP contribution in [0.5, 0.6) is 0 Å². The lowest BCUT2D eigenvalue weighted by atomic mass is 9.98. The highest BCUT2D eigenvalue weighted by molar-refractivity contribution is 6.33. The van der Waals surface area contributed by atoms with Gasteiger partial charge in [-0.1, -0.05) is 36.6 Å². The third kappa shape index (κ3) is 4.60. The molecule has 0 spiro atoms. The molecule has 0 bridgehead atoms. The second kappa shape index (κ2) is 8.36. The van der Waals surface area contributed by atoms with E-state index in [1.54, 1.807) is 24.3 Å². The van der Waals surface area contributed by atoms with Crippen molar-refractivity contribution in [3.05, 3.63) is 34.9 Å². The zero-order valence-electron chi connectivity index (χ0n) is 12.2. The first-order valence-corrected chi connectivity index (χ1v) is 7.51. The van der Waals surface area contributed by atoms with E-state index in [9.17, 15) is 9.59 Å². The lowest BCUT2D eigenvalue weighted by Gasteiger charge is -2.22. The Kier molecular flexibility index (Phi) is 7.13. The van der Waals surface area contributed by atoms with Crippen LogP contribution >= 0.6 is 24.0 Å². The molecule has 1 aliphatic carbocycles. The molecule has 0 saturated heterocycles. The highest BCUT2D eigenvalue weighted by atomic mass is 35.5. The number of nitrogens with one attached hydrogen (secondary N) is 2. The van der Waals surface area contributed by atoms with Crippen LogP contribution < -0.4 is 16.4 Å². The maximum atomic E-state index is 12.0. The van der Waals surface area contributed by atoms with Crippen LogP contribution in [0.15, 0.2) is 24.3 Å². The van der Waals surface area contributed by atoms with E-state index < -0.39 is 5.54 Å². The number of benzene rings is 1. The second-order valence-electron chi connectivity index (χ2n) is 5.35. The van der Waals surface area contributed by atoms with E-state index >= 15 is 0 Å². The molecule has 0 aromatic heterocycles. The first kappa shape index (κ1) is 18.7. The Balaban J connectivity index is 0.00000242. The summed E-state index contributed by atoms with van der Waals surface area (Å²) >= 11 is 5.94. The van der Waals surface area contributed by atoms with Crippen molar-refractivity contribution in [2.75, 3.05) is 13.1 Å². The zero-order valence-corrected chi connectivity index (χ0v) is 13.8. The van der Waals surface area contributed by atoms with Crippen molar-refractivity contribution in [1.82, 2.24) is 10.6 Å². The topological polar surface area (TPSA) is 84.2 Å². The number of carbonyl (C=O) groups is 2. The maximum Gasteiger partial charge on any atom is 0.252 e. The van der Waals surface area contributed by atoms with Gasteiger partial charge in [0.2, 0.25) is 5.91 Å². The number of hydrogen-bond donors (Lipinski definition) is 3. The van der Waals surface area contributed by atoms with E-state index in [2.05, 4.69) is 10.6 Å². The van der Waals surface area contributed by atoms with Crippen molar-refractivity contribution in [3.8, 4) is 0 Å². The first-order valence-electron chi connectivity index (χ1n) is 7.13. The van der Waals surface area contributed by atoms with Crippen LogP contribution in [0, 0.1) is 0 Å². The van der Waals surface area contributed by atoms with E-state index in [0.717, 1.165) is 25.7 Å². The van der Waals surface area contributed by atoms with E-state index in [1.807, 2.05) is 0 Å². The molecule has 7 heteroatoms. The minimum Gasteiger partial charge on any atom is -0.353 e. The summed E-state index contributed by atoms with van der Waals surface area (Å²) in [5, 5.41) is 5.90. The molecule has 4 N–H and O–H groups in total. The van der Waals surface area contributed by atoms with Gasteiger partial charge >= 0.3 is 0 Å². The van der Waals surface area contributed by atoms with Gasteiger partial charge in [0.25, 0.3) is 5.91 Å². The van der Waals surface area contributed by atoms with Gasteiger partial charge in [-0.3, -0.25) is 9.59 Å². The standard InChI is InChI=1S/C15H20ClN3O2.ClH/c16-12-6-2-1-5-11(12)13(20)18-9-10-19-14(21)15(17)7-3-4-8-15;/h1-2,5-6H,3-4,7-10,17H2,(H,18,20)(H,19,21);1H. The van der Waals surface area contributed by atoms with Crippen molar-refractivity contribution in [2.45, 2.75) is 31.2 Å². The Morgan fingerprint density at radius 1 is 1.14 bits per heavy atom. The van der Waals surface area contributed by atoms with Crippen LogP contribution in [0.3, 0.4) is 0 Å². The Bertz CT molecular complexity index is 531. The smallest absolute Gasteiger partial charge is 0.252 e. The molecule has 1 aliphatic rings. The molecule has 2 rings (SSSR count). The molecular formula is C15H21Cl2N3O2. The molecule has 1 aromatic rings. The SMILES string of the molecule is Cl.NC1(C(=O)NCCNC(=O)c2ccccc2Cl)CCCC1. The third-order valence-electron chi connectivity index (χ3n) is 3.76. The van der Waals surface area contributed by atoms with Crippen LogP contribution in [0.25, 0.3) is 0 Å². The summed E-state index contributed by atoms with van der Waals surface area (Å²) in [5.41, 5.74) is 5.74. The molecule has 122 valence electrons. The molecule has 0 heterocycles. The van der Waals surface area contributed by atoms with Gasteiger partial charge in [0, 0.05) is 13.1 Å². The lowest BCUT2D eigenvalue weighted by Crippen LogP contribution is -2.53. The van der Waals surface area contributed by atoms with Gasteiger partial charge in [-0.15, -0.1) is 12.4 Å². The van der Waals surface area contributed by atoms with Gasteiger partial charge in [0.05, 0.1) is 16.1 Å². The summed E-state index contributed by atoms with van der Waals surface area (Å²) in [6.07, 6.45) is 3.44. The average Bonchev–Trinajstić information content (AvgIpc) is 2.92. The molecule has 1 saturated carbocycles. The van der Waals surface area contributed by atoms with E-state index in [0.29, 0.717) is 23.7 Å². The highest BCUT2D eigenvalue weighted by Crippen LogP contribution is 2.27. The summed E-state index contributed by atoms with van der Waals surface area (Å²) in [5.74, 6) is -0.384. The van der Waals surface area contributed by atoms with Crippen molar-refractivity contribution in [2.24, 2.45) is 5.73 Å². The van der Waals surface area contributed by atoms with Crippen LogP contribution in [0.1, 0.15) is 36.0 Å². The van der Waals surface area contributed by atoms with E-state index in [1.165, 1.54) is 0 Å². The molecule has 0 atom stereocenters. The largest absolute Gasteiger partial charge is 0.353 e. The number of nitrogens with two attached hydrogens (primary N) is 1. The van der Waals surface area contributed by atoms with Gasteiger partial charge in [-0.25, -0.2) is 0 Å². The molecule has 1 fully saturated rings. The van der Waals surface area contributed by atoms with Crippen LogP contribution in [-0.4, -0.2) is 30.4 Å². The van der Waals surface area contributed by atoms with Crippen molar-refractivity contribution in [1.29, 1.82) is 0 Å².